The second-order valence-corrected chi connectivity index (χ2v) is 6.15. The minimum atomic E-state index is -0.334. The molecule has 0 fully saturated rings. The van der Waals surface area contributed by atoms with E-state index in [4.69, 9.17) is 0 Å². The van der Waals surface area contributed by atoms with Crippen molar-refractivity contribution in [1.29, 1.82) is 0 Å². The maximum atomic E-state index is 12.0. The van der Waals surface area contributed by atoms with Crippen LogP contribution >= 0.6 is 0 Å². The highest BCUT2D eigenvalue weighted by atomic mass is 16.3. The number of aryl methyl sites for hydroxylation is 2. The van der Waals surface area contributed by atoms with Crippen molar-refractivity contribution >= 4 is 23.2 Å². The summed E-state index contributed by atoms with van der Waals surface area (Å²) in [5, 5.41) is 16.1. The van der Waals surface area contributed by atoms with Gasteiger partial charge in [-0.1, -0.05) is 17.7 Å². The summed E-state index contributed by atoms with van der Waals surface area (Å²) in [7, 11) is 0. The summed E-state index contributed by atoms with van der Waals surface area (Å²) in [5.74, 6) is -0.384. The highest BCUT2D eigenvalue weighted by Crippen LogP contribution is 2.16. The van der Waals surface area contributed by atoms with Gasteiger partial charge in [0.15, 0.2) is 0 Å². The maximum Gasteiger partial charge on any atom is 0.240 e. The van der Waals surface area contributed by atoms with Crippen molar-refractivity contribution in [2.75, 3.05) is 5.32 Å². The zero-order valence-corrected chi connectivity index (χ0v) is 15.2. The first-order valence-electron chi connectivity index (χ1n) is 8.35. The Balaban J connectivity index is 1.81. The first kappa shape index (κ1) is 19.2. The molecule has 6 heteroatoms. The van der Waals surface area contributed by atoms with Gasteiger partial charge in [-0.25, -0.2) is 5.43 Å². The van der Waals surface area contributed by atoms with Crippen LogP contribution in [0.3, 0.4) is 0 Å². The van der Waals surface area contributed by atoms with Crippen LogP contribution in [0.1, 0.15) is 36.5 Å². The number of hydrogen-bond acceptors (Lipinski definition) is 4. The van der Waals surface area contributed by atoms with E-state index in [0.717, 1.165) is 22.4 Å². The van der Waals surface area contributed by atoms with E-state index in [0.29, 0.717) is 5.71 Å². The summed E-state index contributed by atoms with van der Waals surface area (Å²) in [6.45, 7) is 5.67. The highest BCUT2D eigenvalue weighted by molar-refractivity contribution is 5.99. The quantitative estimate of drug-likeness (QED) is 0.550. The number of hydrazone groups is 1. The lowest BCUT2D eigenvalue weighted by Crippen LogP contribution is -2.22. The number of nitrogens with one attached hydrogen (secondary N) is 2. The van der Waals surface area contributed by atoms with E-state index in [2.05, 4.69) is 15.8 Å². The SMILES string of the molecule is C/C(=N/NC(=O)CCC(=O)Nc1ccc(C)cc1C)c1ccc(O)cc1. The minimum absolute atomic E-state index is 0.0447. The van der Waals surface area contributed by atoms with Gasteiger partial charge in [0.2, 0.25) is 11.8 Å². The van der Waals surface area contributed by atoms with Gasteiger partial charge >= 0.3 is 0 Å². The van der Waals surface area contributed by atoms with Gasteiger partial charge in [0.1, 0.15) is 5.75 Å². The predicted molar refractivity (Wildman–Crippen MR) is 102 cm³/mol. The molecule has 0 atom stereocenters. The lowest BCUT2D eigenvalue weighted by atomic mass is 10.1. The molecule has 2 rings (SSSR count). The summed E-state index contributed by atoms with van der Waals surface area (Å²) in [6, 6.07) is 12.3. The van der Waals surface area contributed by atoms with Gasteiger partial charge in [-0.05, 0) is 62.2 Å². The smallest absolute Gasteiger partial charge is 0.240 e. The molecular formula is C20H23N3O3. The molecule has 0 aliphatic carbocycles. The molecule has 0 aliphatic rings. The third kappa shape index (κ3) is 5.73. The minimum Gasteiger partial charge on any atom is -0.508 e. The van der Waals surface area contributed by atoms with Crippen molar-refractivity contribution in [2.45, 2.75) is 33.6 Å². The number of aromatic hydroxyl groups is 1. The van der Waals surface area contributed by atoms with Crippen LogP contribution in [0.4, 0.5) is 5.69 Å². The summed E-state index contributed by atoms with van der Waals surface area (Å²) in [4.78, 5) is 23.9. The Labute approximate surface area is 152 Å². The number of nitrogens with zero attached hydrogens (tertiary/aromatic N) is 1. The molecule has 2 aromatic carbocycles. The van der Waals surface area contributed by atoms with Crippen LogP contribution in [0.2, 0.25) is 0 Å². The van der Waals surface area contributed by atoms with E-state index < -0.39 is 0 Å². The summed E-state index contributed by atoms with van der Waals surface area (Å²) < 4.78 is 0. The first-order chi connectivity index (χ1) is 12.3. The molecule has 0 saturated carbocycles. The highest BCUT2D eigenvalue weighted by Gasteiger charge is 2.08. The number of carbonyl (C=O) groups excluding carboxylic acids is 2. The Morgan fingerprint density at radius 2 is 1.65 bits per heavy atom. The monoisotopic (exact) mass is 353 g/mol. The summed E-state index contributed by atoms with van der Waals surface area (Å²) in [5.41, 5.74) is 6.70. The number of phenols is 1. The molecule has 0 saturated heterocycles. The van der Waals surface area contributed by atoms with Crippen LogP contribution in [-0.2, 0) is 9.59 Å². The molecule has 0 aliphatic heterocycles. The molecule has 0 aromatic heterocycles. The molecule has 2 aromatic rings. The van der Waals surface area contributed by atoms with Crippen LogP contribution in [0.15, 0.2) is 47.6 Å². The Kier molecular flexibility index (Phi) is 6.49. The van der Waals surface area contributed by atoms with Crippen LogP contribution in [0.5, 0.6) is 5.75 Å². The van der Waals surface area contributed by atoms with Crippen molar-refractivity contribution in [3.05, 3.63) is 59.2 Å². The molecular weight excluding hydrogens is 330 g/mol. The Bertz CT molecular complexity index is 827. The van der Waals surface area contributed by atoms with Gasteiger partial charge < -0.3 is 10.4 Å². The van der Waals surface area contributed by atoms with Gasteiger partial charge in [-0.3, -0.25) is 9.59 Å². The molecule has 3 N–H and O–H groups in total. The lowest BCUT2D eigenvalue weighted by molar-refractivity contribution is -0.124. The number of hydrogen-bond donors (Lipinski definition) is 3. The zero-order chi connectivity index (χ0) is 19.1. The van der Waals surface area contributed by atoms with Crippen LogP contribution in [0.25, 0.3) is 0 Å². The fourth-order valence-corrected chi connectivity index (χ4v) is 2.36. The van der Waals surface area contributed by atoms with Gasteiger partial charge in [0, 0.05) is 18.5 Å². The van der Waals surface area contributed by atoms with Crippen molar-refractivity contribution < 1.29 is 14.7 Å². The number of phenolic OH excluding ortho intramolecular Hbond substituents is 1. The predicted octanol–water partition coefficient (Wildman–Crippen LogP) is 3.27. The Morgan fingerprint density at radius 3 is 2.31 bits per heavy atom. The van der Waals surface area contributed by atoms with Crippen molar-refractivity contribution in [3.8, 4) is 5.75 Å². The fourth-order valence-electron chi connectivity index (χ4n) is 2.36. The van der Waals surface area contributed by atoms with Crippen molar-refractivity contribution in [3.63, 3.8) is 0 Å². The summed E-state index contributed by atoms with van der Waals surface area (Å²) >= 11 is 0. The molecule has 0 unspecified atom stereocenters. The van der Waals surface area contributed by atoms with E-state index in [9.17, 15) is 14.7 Å². The average Bonchev–Trinajstić information content (AvgIpc) is 2.61. The van der Waals surface area contributed by atoms with E-state index in [1.54, 1.807) is 31.2 Å². The standard InChI is InChI=1S/C20H23N3O3/c1-13-4-9-18(14(2)12-13)21-19(25)10-11-20(26)23-22-15(3)16-5-7-17(24)8-6-16/h4-9,12,24H,10-11H2,1-3H3,(H,21,25)(H,23,26)/b22-15-. The van der Waals surface area contributed by atoms with Crippen LogP contribution < -0.4 is 10.7 Å². The molecule has 26 heavy (non-hydrogen) atoms. The van der Waals surface area contributed by atoms with Crippen LogP contribution in [0, 0.1) is 13.8 Å². The molecule has 6 nitrogen and oxygen atoms in total. The molecule has 2 amide bonds. The van der Waals surface area contributed by atoms with Gasteiger partial charge in [0.25, 0.3) is 0 Å². The third-order valence-electron chi connectivity index (χ3n) is 3.87. The van der Waals surface area contributed by atoms with Crippen LogP contribution in [-0.4, -0.2) is 22.6 Å². The molecule has 0 heterocycles. The second-order valence-electron chi connectivity index (χ2n) is 6.15. The number of amides is 2. The largest absolute Gasteiger partial charge is 0.508 e. The fraction of sp³-hybridized carbons (Fsp3) is 0.250. The summed E-state index contributed by atoms with van der Waals surface area (Å²) in [6.07, 6.45) is 0.121. The normalized spacial score (nSPS) is 11.1. The molecule has 0 spiro atoms. The lowest BCUT2D eigenvalue weighted by Gasteiger charge is -2.09. The number of rotatable bonds is 6. The van der Waals surface area contributed by atoms with E-state index in [1.165, 1.54) is 0 Å². The van der Waals surface area contributed by atoms with Crippen molar-refractivity contribution in [2.24, 2.45) is 5.10 Å². The number of anilines is 1. The number of benzene rings is 2. The topological polar surface area (TPSA) is 90.8 Å². The van der Waals surface area contributed by atoms with E-state index in [1.807, 2.05) is 32.0 Å². The van der Waals surface area contributed by atoms with Gasteiger partial charge in [-0.2, -0.15) is 5.10 Å². The Morgan fingerprint density at radius 1 is 1.00 bits per heavy atom. The second kappa shape index (κ2) is 8.80. The average molecular weight is 353 g/mol. The Hall–Kier alpha value is -3.15. The third-order valence-corrected chi connectivity index (χ3v) is 3.87. The van der Waals surface area contributed by atoms with E-state index >= 15 is 0 Å². The number of carbonyl (C=O) groups is 2. The first-order valence-corrected chi connectivity index (χ1v) is 8.35. The maximum absolute atomic E-state index is 12.0. The molecule has 0 radical (unpaired) electrons. The zero-order valence-electron chi connectivity index (χ0n) is 15.2. The van der Waals surface area contributed by atoms with E-state index in [-0.39, 0.29) is 30.4 Å². The molecule has 136 valence electrons. The molecule has 0 bridgehead atoms. The van der Waals surface area contributed by atoms with Crippen molar-refractivity contribution in [1.82, 2.24) is 5.43 Å². The van der Waals surface area contributed by atoms with Gasteiger partial charge in [-0.15, -0.1) is 0 Å². The van der Waals surface area contributed by atoms with Gasteiger partial charge in [0.05, 0.1) is 5.71 Å².